The number of aromatic nitrogens is 1. The van der Waals surface area contributed by atoms with E-state index in [0.717, 1.165) is 16.9 Å². The molecule has 0 bridgehead atoms. The molecule has 0 saturated heterocycles. The fourth-order valence-electron chi connectivity index (χ4n) is 2.24. The summed E-state index contributed by atoms with van der Waals surface area (Å²) < 4.78 is 5.94. The van der Waals surface area contributed by atoms with Crippen molar-refractivity contribution in [3.8, 4) is 5.75 Å². The summed E-state index contributed by atoms with van der Waals surface area (Å²) in [6, 6.07) is 11.2. The van der Waals surface area contributed by atoms with Crippen LogP contribution in [0.3, 0.4) is 0 Å². The minimum Gasteiger partial charge on any atom is -0.488 e. The maximum atomic E-state index is 12.1. The molecule has 2 N–H and O–H groups in total. The number of carbonyl (C=O) groups excluding carboxylic acids is 1. The molecule has 1 aromatic heterocycles. The molecule has 0 aliphatic rings. The Hall–Kier alpha value is -2.56. The van der Waals surface area contributed by atoms with E-state index >= 15 is 0 Å². The molecule has 5 heteroatoms. The third kappa shape index (κ3) is 5.57. The Morgan fingerprint density at radius 3 is 2.50 bits per heavy atom. The van der Waals surface area contributed by atoms with Gasteiger partial charge in [-0.25, -0.2) is 4.79 Å². The van der Waals surface area contributed by atoms with Gasteiger partial charge in [-0.2, -0.15) is 0 Å². The summed E-state index contributed by atoms with van der Waals surface area (Å²) >= 11 is 0. The van der Waals surface area contributed by atoms with Crippen LogP contribution in [0.4, 0.5) is 4.79 Å². The van der Waals surface area contributed by atoms with Crippen LogP contribution in [0, 0.1) is 0 Å². The van der Waals surface area contributed by atoms with Gasteiger partial charge in [0.15, 0.2) is 0 Å². The van der Waals surface area contributed by atoms with Gasteiger partial charge in [0, 0.05) is 24.5 Å². The molecule has 2 aromatic rings. The van der Waals surface area contributed by atoms with Crippen molar-refractivity contribution in [2.24, 2.45) is 0 Å². The van der Waals surface area contributed by atoms with E-state index in [4.69, 9.17) is 4.74 Å². The summed E-state index contributed by atoms with van der Waals surface area (Å²) in [6.07, 6.45) is 3.43. The van der Waals surface area contributed by atoms with E-state index in [1.54, 1.807) is 12.4 Å². The number of para-hydroxylation sites is 1. The highest BCUT2D eigenvalue weighted by Gasteiger charge is 2.15. The fraction of sp³-hybridized carbons (Fsp3) is 0.368. The number of hydrogen-bond acceptors (Lipinski definition) is 3. The average Bonchev–Trinajstić information content (AvgIpc) is 2.53. The lowest BCUT2D eigenvalue weighted by molar-refractivity contribution is 0.129. The number of hydrogen-bond donors (Lipinski definition) is 2. The highest BCUT2D eigenvalue weighted by Crippen LogP contribution is 2.22. The van der Waals surface area contributed by atoms with E-state index in [2.05, 4.69) is 15.6 Å². The molecule has 0 aliphatic carbocycles. The zero-order valence-electron chi connectivity index (χ0n) is 14.7. The van der Waals surface area contributed by atoms with Crippen LogP contribution in [0.15, 0.2) is 48.8 Å². The molecular weight excluding hydrogens is 302 g/mol. The van der Waals surface area contributed by atoms with Crippen LogP contribution < -0.4 is 15.4 Å². The molecule has 0 spiro atoms. The number of amides is 2. The summed E-state index contributed by atoms with van der Waals surface area (Å²) in [5.41, 5.74) is 1.67. The molecule has 0 fully saturated rings. The second-order valence-electron chi connectivity index (χ2n) is 6.65. The highest BCUT2D eigenvalue weighted by atomic mass is 16.5. The lowest BCUT2D eigenvalue weighted by Gasteiger charge is -2.23. The van der Waals surface area contributed by atoms with E-state index in [-0.39, 0.29) is 17.7 Å². The number of nitrogens with one attached hydrogen (secondary N) is 2. The first-order valence-electron chi connectivity index (χ1n) is 8.06. The normalized spacial score (nSPS) is 12.3. The van der Waals surface area contributed by atoms with E-state index in [1.165, 1.54) is 0 Å². The summed E-state index contributed by atoms with van der Waals surface area (Å²) in [5, 5.41) is 5.80. The molecule has 1 atom stereocenters. The van der Waals surface area contributed by atoms with Crippen LogP contribution in [-0.2, 0) is 6.54 Å². The maximum absolute atomic E-state index is 12.1. The summed E-state index contributed by atoms with van der Waals surface area (Å²) in [6.45, 7) is 8.34. The van der Waals surface area contributed by atoms with Gasteiger partial charge in [-0.05, 0) is 51.5 Å². The maximum Gasteiger partial charge on any atom is 0.315 e. The van der Waals surface area contributed by atoms with E-state index in [0.29, 0.717) is 6.54 Å². The van der Waals surface area contributed by atoms with Crippen molar-refractivity contribution >= 4 is 6.03 Å². The molecule has 0 aliphatic heterocycles. The topological polar surface area (TPSA) is 63.2 Å². The zero-order chi connectivity index (χ0) is 17.6. The molecule has 2 amide bonds. The van der Waals surface area contributed by atoms with Crippen molar-refractivity contribution in [3.63, 3.8) is 0 Å². The quantitative estimate of drug-likeness (QED) is 0.877. The third-order valence-electron chi connectivity index (χ3n) is 3.38. The van der Waals surface area contributed by atoms with Crippen LogP contribution in [0.25, 0.3) is 0 Å². The zero-order valence-corrected chi connectivity index (χ0v) is 14.7. The fourth-order valence-corrected chi connectivity index (χ4v) is 2.24. The summed E-state index contributed by atoms with van der Waals surface area (Å²) in [7, 11) is 0. The largest absolute Gasteiger partial charge is 0.488 e. The Kier molecular flexibility index (Phi) is 5.79. The van der Waals surface area contributed by atoms with Gasteiger partial charge in [0.05, 0.1) is 6.04 Å². The third-order valence-corrected chi connectivity index (χ3v) is 3.38. The van der Waals surface area contributed by atoms with E-state index in [9.17, 15) is 4.79 Å². The monoisotopic (exact) mass is 327 g/mol. The van der Waals surface area contributed by atoms with Crippen molar-refractivity contribution < 1.29 is 9.53 Å². The Labute approximate surface area is 143 Å². The van der Waals surface area contributed by atoms with Crippen LogP contribution in [0.5, 0.6) is 5.75 Å². The van der Waals surface area contributed by atoms with Gasteiger partial charge < -0.3 is 15.4 Å². The van der Waals surface area contributed by atoms with Gasteiger partial charge >= 0.3 is 6.03 Å². The predicted octanol–water partition coefficient (Wildman–Crippen LogP) is 3.82. The predicted molar refractivity (Wildman–Crippen MR) is 94.8 cm³/mol. The Balaban J connectivity index is 1.92. The van der Waals surface area contributed by atoms with Gasteiger partial charge in [-0.15, -0.1) is 0 Å². The molecule has 24 heavy (non-hydrogen) atoms. The van der Waals surface area contributed by atoms with E-state index in [1.807, 2.05) is 64.1 Å². The molecule has 5 nitrogen and oxygen atoms in total. The van der Waals surface area contributed by atoms with Crippen LogP contribution in [0.1, 0.15) is 44.9 Å². The molecule has 0 saturated carbocycles. The average molecular weight is 327 g/mol. The van der Waals surface area contributed by atoms with E-state index < -0.39 is 0 Å². The first kappa shape index (κ1) is 17.8. The molecule has 128 valence electrons. The minimum absolute atomic E-state index is 0.0888. The number of rotatable bonds is 5. The molecule has 0 unspecified atom stereocenters. The number of benzene rings is 1. The second-order valence-corrected chi connectivity index (χ2v) is 6.65. The number of urea groups is 1. The van der Waals surface area contributed by atoms with Crippen LogP contribution in [0.2, 0.25) is 0 Å². The van der Waals surface area contributed by atoms with Crippen LogP contribution >= 0.6 is 0 Å². The summed E-state index contributed by atoms with van der Waals surface area (Å²) in [5.74, 6) is 0.785. The minimum atomic E-state index is -0.284. The lowest BCUT2D eigenvalue weighted by atomic mass is 10.1. The lowest BCUT2D eigenvalue weighted by Crippen LogP contribution is -2.36. The van der Waals surface area contributed by atoms with Gasteiger partial charge in [0.25, 0.3) is 0 Å². The first-order valence-corrected chi connectivity index (χ1v) is 8.06. The molecule has 2 rings (SSSR count). The van der Waals surface area contributed by atoms with Gasteiger partial charge in [0.1, 0.15) is 11.4 Å². The highest BCUT2D eigenvalue weighted by molar-refractivity contribution is 5.74. The number of pyridine rings is 1. The van der Waals surface area contributed by atoms with Crippen molar-refractivity contribution in [2.45, 2.75) is 45.9 Å². The Bertz CT molecular complexity index is 666. The van der Waals surface area contributed by atoms with Gasteiger partial charge in [-0.1, -0.05) is 18.2 Å². The number of nitrogens with zero attached hydrogens (tertiary/aromatic N) is 1. The first-order chi connectivity index (χ1) is 11.3. The molecule has 0 radical (unpaired) electrons. The molecule has 1 aromatic carbocycles. The van der Waals surface area contributed by atoms with Crippen molar-refractivity contribution in [1.29, 1.82) is 0 Å². The molecule has 1 heterocycles. The van der Waals surface area contributed by atoms with Crippen molar-refractivity contribution in [3.05, 3.63) is 59.9 Å². The van der Waals surface area contributed by atoms with Gasteiger partial charge in [-0.3, -0.25) is 4.98 Å². The second kappa shape index (κ2) is 7.81. The SMILES string of the molecule is C[C@@H](NC(=O)NCc1ccccc1OC(C)(C)C)c1ccncc1. The standard InChI is InChI=1S/C19H25N3O2/c1-14(15-9-11-20-12-10-15)22-18(23)21-13-16-7-5-6-8-17(16)24-19(2,3)4/h5-12,14H,13H2,1-4H3,(H2,21,22,23)/t14-/m1/s1. The van der Waals surface area contributed by atoms with Crippen molar-refractivity contribution in [1.82, 2.24) is 15.6 Å². The Morgan fingerprint density at radius 1 is 1.17 bits per heavy atom. The Morgan fingerprint density at radius 2 is 1.83 bits per heavy atom. The van der Waals surface area contributed by atoms with Crippen molar-refractivity contribution in [2.75, 3.05) is 0 Å². The van der Waals surface area contributed by atoms with Gasteiger partial charge in [0.2, 0.25) is 0 Å². The number of carbonyl (C=O) groups is 1. The summed E-state index contributed by atoms with van der Waals surface area (Å²) in [4.78, 5) is 16.1. The number of ether oxygens (including phenoxy) is 1. The van der Waals surface area contributed by atoms with Crippen LogP contribution in [-0.4, -0.2) is 16.6 Å². The smallest absolute Gasteiger partial charge is 0.315 e. The molecular formula is C19H25N3O2.